The van der Waals surface area contributed by atoms with Crippen LogP contribution in [0.4, 0.5) is 0 Å². The molecule has 1 aliphatic heterocycles. The van der Waals surface area contributed by atoms with E-state index in [1.165, 1.54) is 22.3 Å². The van der Waals surface area contributed by atoms with Crippen LogP contribution in [-0.2, 0) is 11.2 Å². The number of hydrogen-bond donors (Lipinski definition) is 1. The lowest BCUT2D eigenvalue weighted by atomic mass is 10.0. The summed E-state index contributed by atoms with van der Waals surface area (Å²) in [5.41, 5.74) is 7.36. The third kappa shape index (κ3) is 2.03. The van der Waals surface area contributed by atoms with Crippen molar-refractivity contribution in [3.05, 3.63) is 58.2 Å². The molecule has 0 atom stereocenters. The molecule has 4 heteroatoms. The van der Waals surface area contributed by atoms with Gasteiger partial charge in [-0.1, -0.05) is 24.3 Å². The van der Waals surface area contributed by atoms with Crippen LogP contribution in [0.15, 0.2) is 57.3 Å². The minimum absolute atomic E-state index is 0.129. The van der Waals surface area contributed by atoms with E-state index in [0.29, 0.717) is 12.3 Å². The Morgan fingerprint density at radius 2 is 2.14 bits per heavy atom. The molecule has 0 unspecified atom stereocenters. The number of nitrogens with one attached hydrogen (secondary N) is 1. The van der Waals surface area contributed by atoms with Crippen molar-refractivity contribution in [3.63, 3.8) is 0 Å². The number of aryl methyl sites for hydroxylation is 1. The second-order valence-corrected chi connectivity index (χ2v) is 5.57. The standard InChI is InChI=1S/C17H15N3O/c1-10-4-2-3-5-11(10)6-7-18-17(21)16-14-9-12-8-13(12)15(14)19-20-16/h2-5,9H,6-8H2,1H3,(H,18,21). The van der Waals surface area contributed by atoms with E-state index in [-0.39, 0.29) is 5.91 Å². The maximum Gasteiger partial charge on any atom is 0.272 e. The molecule has 0 fully saturated rings. The predicted molar refractivity (Wildman–Crippen MR) is 82.5 cm³/mol. The minimum Gasteiger partial charge on any atom is -0.350 e. The van der Waals surface area contributed by atoms with Crippen LogP contribution in [0.3, 0.4) is 0 Å². The van der Waals surface area contributed by atoms with Crippen LogP contribution < -0.4 is 5.32 Å². The van der Waals surface area contributed by atoms with Crippen LogP contribution >= 0.6 is 0 Å². The van der Waals surface area contributed by atoms with Gasteiger partial charge < -0.3 is 5.32 Å². The summed E-state index contributed by atoms with van der Waals surface area (Å²) in [4.78, 5) is 12.2. The molecule has 4 nitrogen and oxygen atoms in total. The lowest BCUT2D eigenvalue weighted by Gasteiger charge is -2.08. The Bertz CT molecular complexity index is 781. The summed E-state index contributed by atoms with van der Waals surface area (Å²) in [5.74, 6) is -0.129. The Labute approximate surface area is 123 Å². The van der Waals surface area contributed by atoms with Gasteiger partial charge in [0, 0.05) is 18.5 Å². The van der Waals surface area contributed by atoms with E-state index < -0.39 is 0 Å². The molecule has 104 valence electrons. The van der Waals surface area contributed by atoms with Gasteiger partial charge in [0.1, 0.15) is 0 Å². The number of amides is 1. The fourth-order valence-corrected chi connectivity index (χ4v) is 2.83. The third-order valence-electron chi connectivity index (χ3n) is 4.15. The first-order chi connectivity index (χ1) is 10.2. The summed E-state index contributed by atoms with van der Waals surface area (Å²) >= 11 is 0. The highest BCUT2D eigenvalue weighted by molar-refractivity contribution is 6.56. The zero-order chi connectivity index (χ0) is 14.4. The molecule has 0 aromatic heterocycles. The summed E-state index contributed by atoms with van der Waals surface area (Å²) in [7, 11) is 0. The number of hydrogen-bond acceptors (Lipinski definition) is 3. The van der Waals surface area contributed by atoms with Gasteiger partial charge in [-0.3, -0.25) is 4.79 Å². The molecule has 1 N–H and O–H groups in total. The summed E-state index contributed by atoms with van der Waals surface area (Å²) in [5, 5.41) is 11.1. The lowest BCUT2D eigenvalue weighted by molar-refractivity contribution is -0.114. The molecule has 0 radical (unpaired) electrons. The monoisotopic (exact) mass is 277 g/mol. The van der Waals surface area contributed by atoms with E-state index in [0.717, 1.165) is 24.1 Å². The smallest absolute Gasteiger partial charge is 0.272 e. The first-order valence-corrected chi connectivity index (χ1v) is 7.17. The Morgan fingerprint density at radius 3 is 3.00 bits per heavy atom. The quantitative estimate of drug-likeness (QED) is 0.900. The number of allylic oxidation sites excluding steroid dienone is 3. The molecular formula is C17H15N3O. The van der Waals surface area contributed by atoms with E-state index in [1.807, 2.05) is 18.2 Å². The summed E-state index contributed by atoms with van der Waals surface area (Å²) < 4.78 is 0. The Balaban J connectivity index is 1.36. The summed E-state index contributed by atoms with van der Waals surface area (Å²) in [6.07, 6.45) is 3.88. The predicted octanol–water partition coefficient (Wildman–Crippen LogP) is 2.10. The van der Waals surface area contributed by atoms with E-state index in [9.17, 15) is 4.79 Å². The third-order valence-corrected chi connectivity index (χ3v) is 4.15. The average Bonchev–Trinajstić information content (AvgIpc) is 2.96. The number of carbonyl (C=O) groups is 1. The molecule has 1 aromatic rings. The zero-order valence-electron chi connectivity index (χ0n) is 11.8. The highest BCUT2D eigenvalue weighted by Crippen LogP contribution is 2.43. The molecule has 1 heterocycles. The van der Waals surface area contributed by atoms with Crippen molar-refractivity contribution in [1.82, 2.24) is 5.32 Å². The van der Waals surface area contributed by atoms with Gasteiger partial charge in [0.15, 0.2) is 5.71 Å². The van der Waals surface area contributed by atoms with Crippen molar-refractivity contribution < 1.29 is 4.79 Å². The van der Waals surface area contributed by atoms with Gasteiger partial charge in [0.25, 0.3) is 5.91 Å². The van der Waals surface area contributed by atoms with Gasteiger partial charge in [-0.15, -0.1) is 10.2 Å². The molecule has 4 rings (SSSR count). The van der Waals surface area contributed by atoms with Gasteiger partial charge in [0.05, 0.1) is 5.71 Å². The molecule has 0 saturated carbocycles. The van der Waals surface area contributed by atoms with Crippen molar-refractivity contribution >= 4 is 17.3 Å². The number of carbonyl (C=O) groups excluding carboxylic acids is 1. The van der Waals surface area contributed by atoms with Gasteiger partial charge in [0.2, 0.25) is 0 Å². The van der Waals surface area contributed by atoms with Crippen molar-refractivity contribution in [3.8, 4) is 0 Å². The van der Waals surface area contributed by atoms with E-state index in [2.05, 4.69) is 34.6 Å². The second kappa shape index (κ2) is 4.52. The molecule has 0 bridgehead atoms. The van der Waals surface area contributed by atoms with Crippen LogP contribution in [0.25, 0.3) is 0 Å². The zero-order valence-corrected chi connectivity index (χ0v) is 11.8. The Kier molecular flexibility index (Phi) is 2.64. The molecule has 3 aliphatic rings. The molecule has 0 saturated heterocycles. The van der Waals surface area contributed by atoms with E-state index >= 15 is 0 Å². The van der Waals surface area contributed by atoms with Gasteiger partial charge in [-0.25, -0.2) is 0 Å². The SMILES string of the molecule is Cc1ccccc1CCNC(=O)C1=NN=C2C1=CC1=C2C1. The molecule has 1 amide bonds. The van der Waals surface area contributed by atoms with Crippen molar-refractivity contribution in [2.45, 2.75) is 19.8 Å². The fraction of sp³-hybridized carbons (Fsp3) is 0.235. The van der Waals surface area contributed by atoms with Gasteiger partial charge in [-0.2, -0.15) is 0 Å². The van der Waals surface area contributed by atoms with Crippen molar-refractivity contribution in [1.29, 1.82) is 0 Å². The first kappa shape index (κ1) is 12.3. The summed E-state index contributed by atoms with van der Waals surface area (Å²) in [6, 6.07) is 8.23. The van der Waals surface area contributed by atoms with E-state index in [4.69, 9.17) is 0 Å². The molecule has 21 heavy (non-hydrogen) atoms. The molecule has 1 aromatic carbocycles. The first-order valence-electron chi connectivity index (χ1n) is 7.17. The second-order valence-electron chi connectivity index (χ2n) is 5.57. The van der Waals surface area contributed by atoms with Crippen LogP contribution in [0.1, 0.15) is 17.5 Å². The lowest BCUT2D eigenvalue weighted by Crippen LogP contribution is -2.33. The topological polar surface area (TPSA) is 53.8 Å². The number of rotatable bonds is 4. The summed E-state index contributed by atoms with van der Waals surface area (Å²) in [6.45, 7) is 2.70. The molecule has 0 spiro atoms. The number of benzene rings is 1. The van der Waals surface area contributed by atoms with Crippen LogP contribution in [-0.4, -0.2) is 23.9 Å². The van der Waals surface area contributed by atoms with Crippen molar-refractivity contribution in [2.24, 2.45) is 10.2 Å². The maximum absolute atomic E-state index is 12.2. The minimum atomic E-state index is -0.129. The normalized spacial score (nSPS) is 17.9. The highest BCUT2D eigenvalue weighted by Gasteiger charge is 2.39. The van der Waals surface area contributed by atoms with Crippen molar-refractivity contribution in [2.75, 3.05) is 6.54 Å². The van der Waals surface area contributed by atoms with E-state index in [1.54, 1.807) is 0 Å². The largest absolute Gasteiger partial charge is 0.350 e. The van der Waals surface area contributed by atoms with Crippen LogP contribution in [0, 0.1) is 6.92 Å². The average molecular weight is 277 g/mol. The maximum atomic E-state index is 12.2. The molecular weight excluding hydrogens is 262 g/mol. The molecule has 2 aliphatic carbocycles. The van der Waals surface area contributed by atoms with Crippen LogP contribution in [0.5, 0.6) is 0 Å². The Hall–Kier alpha value is -2.49. The van der Waals surface area contributed by atoms with Gasteiger partial charge >= 0.3 is 0 Å². The fourth-order valence-electron chi connectivity index (χ4n) is 2.83. The highest BCUT2D eigenvalue weighted by atomic mass is 16.2. The number of fused-ring (bicyclic) bond motifs is 2. The Morgan fingerprint density at radius 1 is 1.29 bits per heavy atom. The van der Waals surface area contributed by atoms with Gasteiger partial charge in [-0.05, 0) is 41.7 Å². The number of nitrogens with zero attached hydrogens (tertiary/aromatic N) is 2. The van der Waals surface area contributed by atoms with Crippen LogP contribution in [0.2, 0.25) is 0 Å².